The molecule has 0 fully saturated rings. The summed E-state index contributed by atoms with van der Waals surface area (Å²) in [7, 11) is 6.09. The van der Waals surface area contributed by atoms with Crippen molar-refractivity contribution in [2.45, 2.75) is 20.8 Å². The second kappa shape index (κ2) is 6.18. The van der Waals surface area contributed by atoms with Gasteiger partial charge < -0.3 is 14.4 Å². The number of aromatic nitrogens is 1. The molecule has 0 radical (unpaired) electrons. The van der Waals surface area contributed by atoms with Gasteiger partial charge in [0.15, 0.2) is 0 Å². The maximum absolute atomic E-state index is 5.68. The summed E-state index contributed by atoms with van der Waals surface area (Å²) in [4.78, 5) is 7.24. The summed E-state index contributed by atoms with van der Waals surface area (Å²) < 4.78 is 7.91. The number of hydrogen-bond donors (Lipinski definition) is 0. The average molecular weight is 385 g/mol. The highest BCUT2D eigenvalue weighted by molar-refractivity contribution is 6.78. The molecule has 0 N–H and O–H groups in total. The summed E-state index contributed by atoms with van der Waals surface area (Å²) >= 11 is 0. The number of aryl methyl sites for hydroxylation is 3. The predicted molar refractivity (Wildman–Crippen MR) is 120 cm³/mol. The van der Waals surface area contributed by atoms with E-state index in [1.165, 1.54) is 33.9 Å². The van der Waals surface area contributed by atoms with E-state index in [2.05, 4.69) is 103 Å². The standard InChI is InChI=1S/C23H26BN4O/c1-15-13-22(25(4)14-16(15)2)28-23-17(3)21(29-6)12-11-20(23)27-19-10-8-7-9-18(19)26(5)24(27)28/h7-14H,1-6H3/q+1. The molecule has 6 heteroatoms. The van der Waals surface area contributed by atoms with Gasteiger partial charge in [0, 0.05) is 11.6 Å². The smallest absolute Gasteiger partial charge is 0.496 e. The van der Waals surface area contributed by atoms with Crippen LogP contribution in [0.5, 0.6) is 5.75 Å². The van der Waals surface area contributed by atoms with Crippen LogP contribution in [0.25, 0.3) is 0 Å². The number of ether oxygens (including phenoxy) is 1. The van der Waals surface area contributed by atoms with Gasteiger partial charge in [0.25, 0.3) is 5.82 Å². The van der Waals surface area contributed by atoms with Gasteiger partial charge in [-0.15, -0.1) is 0 Å². The van der Waals surface area contributed by atoms with Crippen LogP contribution in [0.3, 0.4) is 0 Å². The first-order valence-electron chi connectivity index (χ1n) is 9.99. The molecule has 3 heterocycles. The first kappa shape index (κ1) is 17.9. The van der Waals surface area contributed by atoms with Crippen molar-refractivity contribution < 1.29 is 9.30 Å². The summed E-state index contributed by atoms with van der Waals surface area (Å²) in [5, 5.41) is 0. The van der Waals surface area contributed by atoms with Crippen molar-refractivity contribution in [2.75, 3.05) is 28.6 Å². The Kier molecular flexibility index (Phi) is 3.82. The minimum Gasteiger partial charge on any atom is -0.496 e. The fourth-order valence-electron chi connectivity index (χ4n) is 4.77. The number of para-hydroxylation sites is 2. The number of methoxy groups -OCH3 is 1. The van der Waals surface area contributed by atoms with Crippen molar-refractivity contribution in [2.24, 2.45) is 7.05 Å². The molecule has 2 aromatic carbocycles. The van der Waals surface area contributed by atoms with Gasteiger partial charge in [-0.1, -0.05) is 12.1 Å². The Hall–Kier alpha value is -3.15. The molecule has 5 nitrogen and oxygen atoms in total. The molecular formula is C23H26BN4O+. The van der Waals surface area contributed by atoms with E-state index in [0.717, 1.165) is 17.1 Å². The van der Waals surface area contributed by atoms with Crippen LogP contribution in [0, 0.1) is 20.8 Å². The lowest BCUT2D eigenvalue weighted by atomic mass is 9.88. The Labute approximate surface area is 172 Å². The highest BCUT2D eigenvalue weighted by Crippen LogP contribution is 2.55. The van der Waals surface area contributed by atoms with E-state index >= 15 is 0 Å². The molecule has 0 saturated carbocycles. The van der Waals surface area contributed by atoms with Gasteiger partial charge in [-0.2, -0.15) is 0 Å². The molecule has 0 spiro atoms. The molecule has 146 valence electrons. The van der Waals surface area contributed by atoms with Crippen LogP contribution in [0.4, 0.5) is 28.6 Å². The van der Waals surface area contributed by atoms with E-state index in [-0.39, 0.29) is 7.12 Å². The second-order valence-electron chi connectivity index (χ2n) is 8.06. The molecule has 0 atom stereocenters. The number of anilines is 5. The third-order valence-corrected chi connectivity index (χ3v) is 6.37. The van der Waals surface area contributed by atoms with Crippen molar-refractivity contribution in [3.8, 4) is 5.75 Å². The maximum atomic E-state index is 5.68. The SMILES string of the molecule is COc1ccc2c(c1C)N(c1cc(C)c(C)c[n+]1C)B1N(C)c3ccccc3N12. The quantitative estimate of drug-likeness (QED) is 0.488. The van der Waals surface area contributed by atoms with E-state index in [9.17, 15) is 0 Å². The largest absolute Gasteiger partial charge is 0.638 e. The normalized spacial score (nSPS) is 14.3. The number of benzene rings is 2. The average Bonchev–Trinajstić information content (AvgIpc) is 3.20. The van der Waals surface area contributed by atoms with Crippen LogP contribution in [-0.2, 0) is 7.05 Å². The van der Waals surface area contributed by atoms with E-state index in [1.807, 2.05) is 0 Å². The van der Waals surface area contributed by atoms with Crippen molar-refractivity contribution in [3.63, 3.8) is 0 Å². The van der Waals surface area contributed by atoms with Crippen molar-refractivity contribution >= 4 is 35.7 Å². The fourth-order valence-corrected chi connectivity index (χ4v) is 4.77. The van der Waals surface area contributed by atoms with Crippen LogP contribution in [0.15, 0.2) is 48.7 Å². The minimum absolute atomic E-state index is 0.0431. The fraction of sp³-hybridized carbons (Fsp3) is 0.261. The van der Waals surface area contributed by atoms with Crippen LogP contribution in [-0.4, -0.2) is 21.3 Å². The van der Waals surface area contributed by atoms with E-state index < -0.39 is 0 Å². The molecule has 29 heavy (non-hydrogen) atoms. The Balaban J connectivity index is 1.82. The van der Waals surface area contributed by atoms with Gasteiger partial charge in [0.1, 0.15) is 11.4 Å². The molecular weight excluding hydrogens is 359 g/mol. The highest BCUT2D eigenvalue weighted by Gasteiger charge is 2.59. The molecule has 0 saturated heterocycles. The molecule has 2 aliphatic heterocycles. The van der Waals surface area contributed by atoms with Crippen molar-refractivity contribution in [3.05, 3.63) is 65.4 Å². The highest BCUT2D eigenvalue weighted by atomic mass is 16.5. The second-order valence-corrected chi connectivity index (χ2v) is 8.06. The summed E-state index contributed by atoms with van der Waals surface area (Å²) in [6.07, 6.45) is 2.21. The van der Waals surface area contributed by atoms with Gasteiger partial charge in [-0.3, -0.25) is 0 Å². The monoisotopic (exact) mass is 385 g/mol. The van der Waals surface area contributed by atoms with Crippen LogP contribution < -0.4 is 23.7 Å². The van der Waals surface area contributed by atoms with Crippen molar-refractivity contribution in [1.82, 2.24) is 0 Å². The van der Waals surface area contributed by atoms with Gasteiger partial charge in [-0.25, -0.2) is 9.38 Å². The molecule has 3 aromatic rings. The maximum Gasteiger partial charge on any atom is 0.638 e. The number of hydrogen-bond acceptors (Lipinski definition) is 4. The van der Waals surface area contributed by atoms with Crippen LogP contribution >= 0.6 is 0 Å². The zero-order valence-corrected chi connectivity index (χ0v) is 17.9. The summed E-state index contributed by atoms with van der Waals surface area (Å²) in [5.41, 5.74) is 8.63. The van der Waals surface area contributed by atoms with E-state index in [4.69, 9.17) is 4.74 Å². The molecule has 0 unspecified atom stereocenters. The number of nitrogens with zero attached hydrogens (tertiary/aromatic N) is 4. The van der Waals surface area contributed by atoms with E-state index in [1.54, 1.807) is 7.11 Å². The molecule has 0 aliphatic carbocycles. The van der Waals surface area contributed by atoms with Crippen molar-refractivity contribution in [1.29, 1.82) is 0 Å². The molecule has 2 aliphatic rings. The Morgan fingerprint density at radius 2 is 1.62 bits per heavy atom. The lowest BCUT2D eigenvalue weighted by Gasteiger charge is -2.24. The zero-order valence-electron chi connectivity index (χ0n) is 17.9. The number of pyridine rings is 1. The van der Waals surface area contributed by atoms with Gasteiger partial charge >= 0.3 is 7.12 Å². The lowest BCUT2D eigenvalue weighted by Crippen LogP contribution is -2.55. The minimum atomic E-state index is 0.0431. The van der Waals surface area contributed by atoms with E-state index in [0.29, 0.717) is 0 Å². The third kappa shape index (κ3) is 2.32. The molecule has 5 rings (SSSR count). The summed E-state index contributed by atoms with van der Waals surface area (Å²) in [5.74, 6) is 2.08. The zero-order chi connectivity index (χ0) is 20.4. The van der Waals surface area contributed by atoms with Gasteiger partial charge in [0.05, 0.1) is 37.4 Å². The third-order valence-electron chi connectivity index (χ3n) is 6.37. The van der Waals surface area contributed by atoms with Gasteiger partial charge in [-0.05, 0) is 63.2 Å². The Morgan fingerprint density at radius 3 is 2.34 bits per heavy atom. The lowest BCUT2D eigenvalue weighted by molar-refractivity contribution is -0.658. The van der Waals surface area contributed by atoms with Crippen LogP contribution in [0.2, 0.25) is 0 Å². The molecule has 0 bridgehead atoms. The van der Waals surface area contributed by atoms with Gasteiger partial charge in [0.2, 0.25) is 0 Å². The number of rotatable bonds is 2. The van der Waals surface area contributed by atoms with Crippen LogP contribution in [0.1, 0.15) is 16.7 Å². The topological polar surface area (TPSA) is 22.8 Å². The Morgan fingerprint density at radius 1 is 0.897 bits per heavy atom. The number of fused-ring (bicyclic) bond motifs is 5. The predicted octanol–water partition coefficient (Wildman–Crippen LogP) is 4.17. The molecule has 1 aromatic heterocycles. The summed E-state index contributed by atoms with van der Waals surface area (Å²) in [6, 6.07) is 15.2. The first-order chi connectivity index (χ1) is 13.9. The summed E-state index contributed by atoms with van der Waals surface area (Å²) in [6.45, 7) is 6.49. The Bertz CT molecular complexity index is 1150. The molecule has 0 amide bonds. The first-order valence-corrected chi connectivity index (χ1v) is 9.99.